The van der Waals surface area contributed by atoms with Gasteiger partial charge in [-0.3, -0.25) is 0 Å². The number of aromatic nitrogens is 4. The van der Waals surface area contributed by atoms with Crippen molar-refractivity contribution in [2.45, 2.75) is 64.1 Å². The van der Waals surface area contributed by atoms with E-state index in [0.29, 0.717) is 12.3 Å². The zero-order chi connectivity index (χ0) is 23.5. The quantitative estimate of drug-likeness (QED) is 0.551. The fourth-order valence-corrected chi connectivity index (χ4v) is 4.78. The normalized spacial score (nSPS) is 19.9. The maximum Gasteiger partial charge on any atom is 0.213 e. The molecule has 1 aliphatic heterocycles. The molecule has 0 spiro atoms. The van der Waals surface area contributed by atoms with E-state index in [1.807, 2.05) is 32.0 Å². The summed E-state index contributed by atoms with van der Waals surface area (Å²) in [6.07, 6.45) is 11.4. The van der Waals surface area contributed by atoms with Gasteiger partial charge in [-0.2, -0.15) is 15.0 Å². The minimum atomic E-state index is -0.883. The summed E-state index contributed by atoms with van der Waals surface area (Å²) in [5, 5.41) is 19.4. The van der Waals surface area contributed by atoms with Crippen molar-refractivity contribution in [3.05, 3.63) is 71.7 Å². The van der Waals surface area contributed by atoms with Gasteiger partial charge in [0, 0.05) is 30.1 Å². The van der Waals surface area contributed by atoms with E-state index in [-0.39, 0.29) is 6.10 Å². The van der Waals surface area contributed by atoms with Gasteiger partial charge in [0.2, 0.25) is 5.88 Å². The minimum Gasteiger partial charge on any atom is -0.472 e. The average Bonchev–Trinajstić information content (AvgIpc) is 3.36. The Morgan fingerprint density at radius 3 is 2.65 bits per heavy atom. The zero-order valence-corrected chi connectivity index (χ0v) is 20.0. The molecule has 1 N–H and O–H groups in total. The highest BCUT2D eigenvalue weighted by Crippen LogP contribution is 2.39. The summed E-state index contributed by atoms with van der Waals surface area (Å²) in [4.78, 5) is 8.63. The van der Waals surface area contributed by atoms with Crippen LogP contribution in [0.2, 0.25) is 0 Å². The Labute approximate surface area is 201 Å². The third kappa shape index (κ3) is 4.57. The van der Waals surface area contributed by atoms with Gasteiger partial charge in [0.05, 0.1) is 30.2 Å². The molecule has 3 heterocycles. The second kappa shape index (κ2) is 9.58. The van der Waals surface area contributed by atoms with Crippen LogP contribution >= 0.6 is 0 Å². The Morgan fingerprint density at radius 2 is 1.91 bits per heavy atom. The van der Waals surface area contributed by atoms with Crippen LogP contribution in [0.4, 0.5) is 0 Å². The Hall–Kier alpha value is -3.19. The van der Waals surface area contributed by atoms with Crippen molar-refractivity contribution in [2.24, 2.45) is 0 Å². The number of benzene rings is 1. The number of hydrogen-bond acceptors (Lipinski definition) is 6. The third-order valence-electron chi connectivity index (χ3n) is 7.11. The lowest BCUT2D eigenvalue weighted by atomic mass is 9.86. The number of nitrogens with zero attached hydrogens (tertiary/aromatic N) is 5. The van der Waals surface area contributed by atoms with E-state index < -0.39 is 5.60 Å². The number of allylic oxidation sites excluding steroid dienone is 1. The topological polar surface area (TPSA) is 76.3 Å². The summed E-state index contributed by atoms with van der Waals surface area (Å²) < 4.78 is 6.37. The van der Waals surface area contributed by atoms with Crippen molar-refractivity contribution in [1.82, 2.24) is 24.9 Å². The van der Waals surface area contributed by atoms with Gasteiger partial charge < -0.3 is 14.7 Å². The van der Waals surface area contributed by atoms with Gasteiger partial charge in [0.25, 0.3) is 0 Å². The monoisotopic (exact) mass is 459 g/mol. The molecule has 7 nitrogen and oxygen atoms in total. The molecular formula is C27H33N5O2. The summed E-state index contributed by atoms with van der Waals surface area (Å²) in [7, 11) is 0. The largest absolute Gasteiger partial charge is 0.472 e. The van der Waals surface area contributed by atoms with Gasteiger partial charge in [-0.1, -0.05) is 25.1 Å². The molecule has 2 atom stereocenters. The zero-order valence-electron chi connectivity index (χ0n) is 20.0. The predicted molar refractivity (Wildman–Crippen MR) is 131 cm³/mol. The maximum absolute atomic E-state index is 10.7. The molecule has 1 saturated heterocycles. The minimum absolute atomic E-state index is 0.0359. The molecule has 0 amide bonds. The van der Waals surface area contributed by atoms with Crippen LogP contribution in [0.5, 0.6) is 5.88 Å². The average molecular weight is 460 g/mol. The summed E-state index contributed by atoms with van der Waals surface area (Å²) in [5.41, 5.74) is 4.94. The summed E-state index contributed by atoms with van der Waals surface area (Å²) in [6, 6.07) is 12.1. The van der Waals surface area contributed by atoms with E-state index in [4.69, 9.17) is 4.74 Å². The first-order valence-corrected chi connectivity index (χ1v) is 12.3. The highest BCUT2D eigenvalue weighted by molar-refractivity contribution is 5.74. The summed E-state index contributed by atoms with van der Waals surface area (Å²) in [5.74, 6) is 0.581. The van der Waals surface area contributed by atoms with Crippen molar-refractivity contribution in [3.63, 3.8) is 0 Å². The number of para-hydroxylation sites is 1. The van der Waals surface area contributed by atoms with E-state index in [1.54, 1.807) is 23.4 Å². The molecule has 2 aromatic heterocycles. The third-order valence-corrected chi connectivity index (χ3v) is 7.11. The van der Waals surface area contributed by atoms with E-state index in [9.17, 15) is 5.11 Å². The molecule has 2 aliphatic rings. The maximum atomic E-state index is 10.7. The Kier molecular flexibility index (Phi) is 6.37. The Bertz CT molecular complexity index is 1150. The molecule has 1 aliphatic carbocycles. The van der Waals surface area contributed by atoms with E-state index in [1.165, 1.54) is 23.3 Å². The van der Waals surface area contributed by atoms with Gasteiger partial charge in [-0.25, -0.2) is 4.98 Å². The lowest BCUT2D eigenvalue weighted by Gasteiger charge is -2.39. The molecule has 3 aromatic rings. The Balaban J connectivity index is 1.41. The van der Waals surface area contributed by atoms with Gasteiger partial charge >= 0.3 is 0 Å². The van der Waals surface area contributed by atoms with Crippen LogP contribution in [0.25, 0.3) is 11.4 Å². The number of pyridine rings is 1. The second-order valence-corrected chi connectivity index (χ2v) is 9.48. The number of ether oxygens (including phenoxy) is 1. The molecule has 7 heteroatoms. The molecule has 178 valence electrons. The predicted octanol–water partition coefficient (Wildman–Crippen LogP) is 4.72. The molecule has 1 saturated carbocycles. The smallest absolute Gasteiger partial charge is 0.213 e. The number of hydrogen-bond donors (Lipinski definition) is 1. The van der Waals surface area contributed by atoms with Gasteiger partial charge in [0.15, 0.2) is 0 Å². The first kappa shape index (κ1) is 22.6. The molecule has 0 radical (unpaired) electrons. The van der Waals surface area contributed by atoms with Crippen LogP contribution in [-0.4, -0.2) is 49.2 Å². The molecule has 34 heavy (non-hydrogen) atoms. The summed E-state index contributed by atoms with van der Waals surface area (Å²) >= 11 is 0. The van der Waals surface area contributed by atoms with Gasteiger partial charge in [-0.05, 0) is 68.7 Å². The van der Waals surface area contributed by atoms with Crippen molar-refractivity contribution in [1.29, 1.82) is 0 Å². The van der Waals surface area contributed by atoms with Crippen LogP contribution in [0.15, 0.2) is 60.6 Å². The van der Waals surface area contributed by atoms with Gasteiger partial charge in [-0.15, -0.1) is 0 Å². The SMILES string of the molecule is CCC(C)(O)c1ccnc(OC2CCCN(C(=C3CCC3)c3ccccc3-n3nccn3)C2)c1. The highest BCUT2D eigenvalue weighted by atomic mass is 16.5. The number of aliphatic hydroxyl groups is 1. The number of rotatable bonds is 7. The van der Waals surface area contributed by atoms with E-state index in [0.717, 1.165) is 50.0 Å². The van der Waals surface area contributed by atoms with Crippen molar-refractivity contribution >= 4 is 5.70 Å². The highest BCUT2D eigenvalue weighted by Gasteiger charge is 2.29. The number of piperidine rings is 1. The van der Waals surface area contributed by atoms with Crippen LogP contribution in [-0.2, 0) is 5.60 Å². The van der Waals surface area contributed by atoms with E-state index in [2.05, 4.69) is 38.3 Å². The van der Waals surface area contributed by atoms with Crippen LogP contribution in [0.3, 0.4) is 0 Å². The molecule has 5 rings (SSSR count). The van der Waals surface area contributed by atoms with Crippen LogP contribution in [0.1, 0.15) is 63.5 Å². The second-order valence-electron chi connectivity index (χ2n) is 9.48. The van der Waals surface area contributed by atoms with Crippen LogP contribution in [0, 0.1) is 0 Å². The molecular weight excluding hydrogens is 426 g/mol. The van der Waals surface area contributed by atoms with Crippen molar-refractivity contribution in [3.8, 4) is 11.6 Å². The molecule has 0 bridgehead atoms. The first-order valence-electron chi connectivity index (χ1n) is 12.3. The van der Waals surface area contributed by atoms with Crippen molar-refractivity contribution in [2.75, 3.05) is 13.1 Å². The van der Waals surface area contributed by atoms with E-state index >= 15 is 0 Å². The Morgan fingerprint density at radius 1 is 1.12 bits per heavy atom. The summed E-state index contributed by atoms with van der Waals surface area (Å²) in [6.45, 7) is 5.61. The van der Waals surface area contributed by atoms with Crippen LogP contribution < -0.4 is 4.74 Å². The number of likely N-dealkylation sites (tertiary alicyclic amines) is 1. The lowest BCUT2D eigenvalue weighted by Crippen LogP contribution is -2.41. The standard InChI is InChI=1S/C27H33N5O2/c1-3-27(2,33)21-13-14-28-25(18-21)34-22-10-7-17-31(19-22)26(20-8-6-9-20)23-11-4-5-12-24(23)32-29-15-16-30-32/h4-5,11-16,18,22,33H,3,6-10,17,19H2,1-2H3. The fourth-order valence-electron chi connectivity index (χ4n) is 4.78. The molecule has 2 unspecified atom stereocenters. The fraction of sp³-hybridized carbons (Fsp3) is 0.444. The van der Waals surface area contributed by atoms with Gasteiger partial charge in [0.1, 0.15) is 6.10 Å². The first-order chi connectivity index (χ1) is 16.5. The van der Waals surface area contributed by atoms with Crippen molar-refractivity contribution < 1.29 is 9.84 Å². The lowest BCUT2D eigenvalue weighted by molar-refractivity contribution is 0.0520. The molecule has 1 aromatic carbocycles. The molecule has 2 fully saturated rings.